The van der Waals surface area contributed by atoms with E-state index in [1.165, 1.54) is 4.90 Å². The van der Waals surface area contributed by atoms with Gasteiger partial charge >= 0.3 is 0 Å². The van der Waals surface area contributed by atoms with Crippen LogP contribution in [0, 0.1) is 0 Å². The molecule has 0 amide bonds. The van der Waals surface area contributed by atoms with E-state index in [2.05, 4.69) is 19.1 Å². The molecule has 1 heterocycles. The summed E-state index contributed by atoms with van der Waals surface area (Å²) in [7, 11) is 3.38. The van der Waals surface area contributed by atoms with Gasteiger partial charge < -0.3 is 9.47 Å². The van der Waals surface area contributed by atoms with Gasteiger partial charge in [-0.05, 0) is 48.6 Å². The fourth-order valence-corrected chi connectivity index (χ4v) is 3.52. The lowest BCUT2D eigenvalue weighted by molar-refractivity contribution is 0.415. The zero-order valence-electron chi connectivity index (χ0n) is 13.1. The average molecular weight is 313 g/mol. The first-order chi connectivity index (χ1) is 10.8. The van der Waals surface area contributed by atoms with Crippen LogP contribution in [0.5, 0.6) is 11.5 Å². The van der Waals surface area contributed by atoms with Crippen molar-refractivity contribution in [3.8, 4) is 11.5 Å². The number of hydrogen-bond acceptors (Lipinski definition) is 4. The van der Waals surface area contributed by atoms with E-state index in [0.29, 0.717) is 0 Å². The molecular formula is C18H19NO2S. The molecule has 4 heteroatoms. The van der Waals surface area contributed by atoms with Crippen LogP contribution < -0.4 is 9.47 Å². The van der Waals surface area contributed by atoms with Gasteiger partial charge in [0.2, 0.25) is 0 Å². The predicted molar refractivity (Wildman–Crippen MR) is 93.4 cm³/mol. The largest absolute Gasteiger partial charge is 0.497 e. The number of pyridine rings is 1. The van der Waals surface area contributed by atoms with Crippen molar-refractivity contribution in [2.75, 3.05) is 20.0 Å². The first kappa shape index (κ1) is 15.0. The Labute approximate surface area is 134 Å². The van der Waals surface area contributed by atoms with E-state index in [1.54, 1.807) is 14.2 Å². The molecule has 0 aliphatic carbocycles. The zero-order valence-corrected chi connectivity index (χ0v) is 13.9. The molecule has 0 radical (unpaired) electrons. The fraction of sp³-hybridized carbons (Fsp3) is 0.278. The van der Waals surface area contributed by atoms with Crippen LogP contribution in [0.15, 0.2) is 41.3 Å². The molecule has 0 N–H and O–H groups in total. The predicted octanol–water partition coefficient (Wildman–Crippen LogP) is 4.91. The summed E-state index contributed by atoms with van der Waals surface area (Å²) < 4.78 is 10.8. The van der Waals surface area contributed by atoms with Crippen LogP contribution in [0.1, 0.15) is 13.3 Å². The van der Waals surface area contributed by atoms with E-state index in [4.69, 9.17) is 14.5 Å². The van der Waals surface area contributed by atoms with E-state index >= 15 is 0 Å². The van der Waals surface area contributed by atoms with Crippen molar-refractivity contribution >= 4 is 33.6 Å². The maximum atomic E-state index is 5.38. The molecule has 0 bridgehead atoms. The van der Waals surface area contributed by atoms with Crippen LogP contribution in [0.4, 0.5) is 0 Å². The Morgan fingerprint density at radius 3 is 1.91 bits per heavy atom. The van der Waals surface area contributed by atoms with Gasteiger partial charge in [0.25, 0.3) is 0 Å². The number of benzene rings is 2. The summed E-state index contributed by atoms with van der Waals surface area (Å²) in [6.07, 6.45) is 1.13. The second-order valence-corrected chi connectivity index (χ2v) is 6.16. The number of rotatable bonds is 5. The highest BCUT2D eigenvalue weighted by atomic mass is 32.2. The highest BCUT2D eigenvalue weighted by Crippen LogP contribution is 2.37. The fourth-order valence-electron chi connectivity index (χ4n) is 2.48. The normalized spacial score (nSPS) is 11.0. The van der Waals surface area contributed by atoms with Crippen molar-refractivity contribution < 1.29 is 9.47 Å². The van der Waals surface area contributed by atoms with Crippen LogP contribution >= 0.6 is 11.8 Å². The summed E-state index contributed by atoms with van der Waals surface area (Å²) in [6.45, 7) is 2.19. The Morgan fingerprint density at radius 1 is 0.909 bits per heavy atom. The van der Waals surface area contributed by atoms with Crippen LogP contribution in [0.25, 0.3) is 21.8 Å². The van der Waals surface area contributed by atoms with Crippen LogP contribution in [0.2, 0.25) is 0 Å². The lowest BCUT2D eigenvalue weighted by Crippen LogP contribution is -1.91. The zero-order chi connectivity index (χ0) is 15.5. The van der Waals surface area contributed by atoms with Gasteiger partial charge in [-0.3, -0.25) is 0 Å². The van der Waals surface area contributed by atoms with Crippen LogP contribution in [-0.4, -0.2) is 25.0 Å². The quantitative estimate of drug-likeness (QED) is 0.495. The Morgan fingerprint density at radius 2 is 1.45 bits per heavy atom. The molecule has 1 aromatic heterocycles. The lowest BCUT2D eigenvalue weighted by atomic mass is 10.1. The maximum Gasteiger partial charge on any atom is 0.119 e. The molecule has 0 aliphatic heterocycles. The SMILES string of the molecule is CCCSc1c2cc(OC)ccc2nc2ccc(OC)cc12. The summed E-state index contributed by atoms with van der Waals surface area (Å²) >= 11 is 1.87. The Balaban J connectivity index is 2.33. The lowest BCUT2D eigenvalue weighted by Gasteiger charge is -2.12. The second kappa shape index (κ2) is 6.44. The van der Waals surface area contributed by atoms with Gasteiger partial charge in [-0.1, -0.05) is 6.92 Å². The molecule has 2 aromatic carbocycles. The van der Waals surface area contributed by atoms with E-state index in [0.717, 1.165) is 45.5 Å². The van der Waals surface area contributed by atoms with E-state index in [-0.39, 0.29) is 0 Å². The molecule has 0 aliphatic rings. The first-order valence-electron chi connectivity index (χ1n) is 7.35. The molecule has 114 valence electrons. The molecule has 3 rings (SSSR count). The number of nitrogens with zero attached hydrogens (tertiary/aromatic N) is 1. The van der Waals surface area contributed by atoms with Gasteiger partial charge in [0.05, 0.1) is 25.3 Å². The third-order valence-corrected chi connectivity index (χ3v) is 4.93. The number of hydrogen-bond donors (Lipinski definition) is 0. The average Bonchev–Trinajstić information content (AvgIpc) is 2.57. The molecule has 0 atom stereocenters. The molecule has 3 aromatic rings. The number of fused-ring (bicyclic) bond motifs is 2. The van der Waals surface area contributed by atoms with Gasteiger partial charge in [-0.15, -0.1) is 11.8 Å². The molecule has 0 saturated heterocycles. The van der Waals surface area contributed by atoms with Crippen LogP contribution in [-0.2, 0) is 0 Å². The monoisotopic (exact) mass is 313 g/mol. The minimum absolute atomic E-state index is 0.856. The molecule has 0 saturated carbocycles. The van der Waals surface area contributed by atoms with Gasteiger partial charge in [-0.25, -0.2) is 4.98 Å². The minimum atomic E-state index is 0.856. The molecule has 22 heavy (non-hydrogen) atoms. The summed E-state index contributed by atoms with van der Waals surface area (Å²) in [5.41, 5.74) is 1.99. The third kappa shape index (κ3) is 2.71. The van der Waals surface area contributed by atoms with Crippen molar-refractivity contribution in [3.05, 3.63) is 36.4 Å². The number of aromatic nitrogens is 1. The first-order valence-corrected chi connectivity index (χ1v) is 8.33. The van der Waals surface area contributed by atoms with Crippen molar-refractivity contribution in [2.24, 2.45) is 0 Å². The Kier molecular flexibility index (Phi) is 4.39. The highest BCUT2D eigenvalue weighted by Gasteiger charge is 2.11. The van der Waals surface area contributed by atoms with E-state index in [1.807, 2.05) is 36.0 Å². The van der Waals surface area contributed by atoms with Gasteiger partial charge in [0.1, 0.15) is 11.5 Å². The summed E-state index contributed by atoms with van der Waals surface area (Å²) in [5.74, 6) is 2.78. The minimum Gasteiger partial charge on any atom is -0.497 e. The standard InChI is InChI=1S/C18H19NO2S/c1-4-9-22-18-14-10-12(20-2)5-7-16(14)19-17-8-6-13(21-3)11-15(17)18/h5-8,10-11H,4,9H2,1-3H3. The Bertz CT molecular complexity index is 755. The summed E-state index contributed by atoms with van der Waals surface area (Å²) in [6, 6.07) is 12.1. The smallest absolute Gasteiger partial charge is 0.119 e. The molecular weight excluding hydrogens is 294 g/mol. The van der Waals surface area contributed by atoms with Crippen molar-refractivity contribution in [1.82, 2.24) is 4.98 Å². The van der Waals surface area contributed by atoms with Crippen molar-refractivity contribution in [2.45, 2.75) is 18.2 Å². The number of ether oxygens (including phenoxy) is 2. The number of methoxy groups -OCH3 is 2. The van der Waals surface area contributed by atoms with Crippen molar-refractivity contribution in [1.29, 1.82) is 0 Å². The maximum absolute atomic E-state index is 5.38. The van der Waals surface area contributed by atoms with Gasteiger partial charge in [-0.2, -0.15) is 0 Å². The number of thioether (sulfide) groups is 1. The molecule has 0 spiro atoms. The Hall–Kier alpha value is -1.94. The van der Waals surface area contributed by atoms with E-state index in [9.17, 15) is 0 Å². The summed E-state index contributed by atoms with van der Waals surface area (Å²) in [5, 5.41) is 2.28. The molecule has 0 fully saturated rings. The summed E-state index contributed by atoms with van der Waals surface area (Å²) in [4.78, 5) is 6.02. The van der Waals surface area contributed by atoms with Gasteiger partial charge in [0, 0.05) is 15.7 Å². The molecule has 0 unspecified atom stereocenters. The van der Waals surface area contributed by atoms with Crippen LogP contribution in [0.3, 0.4) is 0 Å². The topological polar surface area (TPSA) is 31.4 Å². The van der Waals surface area contributed by atoms with Gasteiger partial charge in [0.15, 0.2) is 0 Å². The van der Waals surface area contributed by atoms with E-state index < -0.39 is 0 Å². The third-order valence-electron chi connectivity index (χ3n) is 3.59. The highest BCUT2D eigenvalue weighted by molar-refractivity contribution is 7.99. The van der Waals surface area contributed by atoms with Crippen molar-refractivity contribution in [3.63, 3.8) is 0 Å². The second-order valence-electron chi connectivity index (χ2n) is 5.06. The molecule has 3 nitrogen and oxygen atoms in total.